The Morgan fingerprint density at radius 1 is 1.70 bits per heavy atom. The van der Waals surface area contributed by atoms with Gasteiger partial charge in [0.2, 0.25) is 0 Å². The Morgan fingerprint density at radius 3 is 2.80 bits per heavy atom. The first-order valence-electron chi connectivity index (χ1n) is 3.00. The van der Waals surface area contributed by atoms with Gasteiger partial charge in [0.05, 0.1) is 6.35 Å². The second-order valence-corrected chi connectivity index (χ2v) is 2.19. The third-order valence-corrected chi connectivity index (χ3v) is 1.15. The third-order valence-electron chi connectivity index (χ3n) is 1.15. The molecule has 1 aliphatic heterocycles. The summed E-state index contributed by atoms with van der Waals surface area (Å²) in [5.41, 5.74) is 0. The van der Waals surface area contributed by atoms with Gasteiger partial charge in [-0.25, -0.2) is 0 Å². The average Bonchev–Trinajstić information content (AvgIpc) is 1.88. The van der Waals surface area contributed by atoms with Crippen LogP contribution in [0.1, 0.15) is 0 Å². The van der Waals surface area contributed by atoms with E-state index in [4.69, 9.17) is 5.11 Å². The normalized spacial score (nSPS) is 23.5. The molecule has 0 amide bonds. The van der Waals surface area contributed by atoms with Crippen LogP contribution in [0.3, 0.4) is 0 Å². The van der Waals surface area contributed by atoms with Crippen LogP contribution in [0.2, 0.25) is 0 Å². The zero-order chi connectivity index (χ0) is 7.56. The van der Waals surface area contributed by atoms with Crippen molar-refractivity contribution in [2.45, 2.75) is 6.35 Å². The van der Waals surface area contributed by atoms with Gasteiger partial charge in [-0.2, -0.15) is 6.20 Å². The summed E-state index contributed by atoms with van der Waals surface area (Å²) < 4.78 is 0. The number of likely N-dealkylation sites (N-methyl/N-ethyl adjacent to an activating group) is 1. The van der Waals surface area contributed by atoms with Crippen molar-refractivity contribution in [2.75, 3.05) is 14.1 Å². The van der Waals surface area contributed by atoms with Crippen LogP contribution in [0.15, 0.2) is 17.3 Å². The fourth-order valence-electron chi connectivity index (χ4n) is 0.646. The monoisotopic (exact) mass is 140 g/mol. The molecule has 0 aromatic rings. The summed E-state index contributed by atoms with van der Waals surface area (Å²) >= 11 is 0. The first kappa shape index (κ1) is 7.08. The van der Waals surface area contributed by atoms with Crippen LogP contribution in [0.25, 0.3) is 5.32 Å². The van der Waals surface area contributed by atoms with Crippen molar-refractivity contribution < 1.29 is 5.11 Å². The second kappa shape index (κ2) is 2.70. The van der Waals surface area contributed by atoms with E-state index in [0.29, 0.717) is 0 Å². The van der Waals surface area contributed by atoms with Crippen molar-refractivity contribution in [3.05, 3.63) is 17.6 Å². The summed E-state index contributed by atoms with van der Waals surface area (Å²) in [7, 11) is 3.72. The zero-order valence-corrected chi connectivity index (χ0v) is 6.02. The van der Waals surface area contributed by atoms with Gasteiger partial charge >= 0.3 is 0 Å². The first-order valence-corrected chi connectivity index (χ1v) is 3.00. The molecule has 1 N–H and O–H groups in total. The molecule has 56 valence electrons. The minimum absolute atomic E-state index is 0.738. The quantitative estimate of drug-likeness (QED) is 0.519. The van der Waals surface area contributed by atoms with E-state index in [2.05, 4.69) is 10.3 Å². The number of aliphatic imine (C=N–C) groups is 1. The van der Waals surface area contributed by atoms with E-state index in [1.807, 2.05) is 19.0 Å². The highest BCUT2D eigenvalue weighted by Crippen LogP contribution is 2.06. The van der Waals surface area contributed by atoms with Crippen molar-refractivity contribution in [1.29, 1.82) is 0 Å². The standard InChI is InChI=1S/C6H10N3O/c1-9(2)5-3-4-7-6(10)8-5/h3-4,6,10H,1-2H3/q-1. The lowest BCUT2D eigenvalue weighted by Gasteiger charge is -2.27. The molecule has 10 heavy (non-hydrogen) atoms. The molecule has 4 nitrogen and oxygen atoms in total. The minimum atomic E-state index is -0.914. The van der Waals surface area contributed by atoms with Gasteiger partial charge in [0, 0.05) is 14.1 Å². The van der Waals surface area contributed by atoms with Gasteiger partial charge in [0.15, 0.2) is 0 Å². The number of nitrogens with zero attached hydrogens (tertiary/aromatic N) is 3. The fourth-order valence-corrected chi connectivity index (χ4v) is 0.646. The minimum Gasteiger partial charge on any atom is -0.647 e. The maximum atomic E-state index is 8.90. The largest absolute Gasteiger partial charge is 0.647 e. The molecule has 0 aliphatic carbocycles. The number of rotatable bonds is 0. The van der Waals surface area contributed by atoms with Crippen LogP contribution >= 0.6 is 0 Å². The van der Waals surface area contributed by atoms with Crippen molar-refractivity contribution in [3.8, 4) is 0 Å². The van der Waals surface area contributed by atoms with Crippen molar-refractivity contribution in [3.63, 3.8) is 0 Å². The predicted molar refractivity (Wildman–Crippen MR) is 39.6 cm³/mol. The van der Waals surface area contributed by atoms with Crippen molar-refractivity contribution >= 4 is 5.84 Å². The van der Waals surface area contributed by atoms with E-state index in [9.17, 15) is 0 Å². The molecule has 0 aromatic heterocycles. The lowest BCUT2D eigenvalue weighted by Crippen LogP contribution is -2.23. The Balaban J connectivity index is 2.66. The number of hydrogen-bond acceptors (Lipinski definition) is 3. The number of aliphatic hydroxyl groups excluding tert-OH is 1. The second-order valence-electron chi connectivity index (χ2n) is 2.19. The molecule has 1 aliphatic rings. The summed E-state index contributed by atoms with van der Waals surface area (Å²) in [4.78, 5) is 5.64. The molecule has 0 saturated heterocycles. The van der Waals surface area contributed by atoms with Crippen molar-refractivity contribution in [1.82, 2.24) is 4.90 Å². The Hall–Kier alpha value is -1.03. The maximum Gasteiger partial charge on any atom is 0.122 e. The zero-order valence-electron chi connectivity index (χ0n) is 6.02. The lowest BCUT2D eigenvalue weighted by atomic mass is 10.4. The Kier molecular flexibility index (Phi) is 1.91. The molecule has 1 atom stereocenters. The predicted octanol–water partition coefficient (Wildman–Crippen LogP) is 0.123. The molecule has 0 saturated carbocycles. The number of aliphatic hydroxyl groups is 1. The Labute approximate surface area is 59.9 Å². The molecule has 1 rings (SSSR count). The Bertz CT molecular complexity index is 174. The van der Waals surface area contributed by atoms with Gasteiger partial charge in [-0.05, 0) is 6.08 Å². The molecule has 0 bridgehead atoms. The average molecular weight is 140 g/mol. The molecule has 4 heteroatoms. The van der Waals surface area contributed by atoms with E-state index >= 15 is 0 Å². The van der Waals surface area contributed by atoms with Crippen LogP contribution in [0, 0.1) is 0 Å². The summed E-state index contributed by atoms with van der Waals surface area (Å²) in [6.07, 6.45) is 2.38. The van der Waals surface area contributed by atoms with Gasteiger partial charge < -0.3 is 15.3 Å². The summed E-state index contributed by atoms with van der Waals surface area (Å²) in [6.45, 7) is 0. The van der Waals surface area contributed by atoms with E-state index in [1.165, 1.54) is 0 Å². The van der Waals surface area contributed by atoms with E-state index < -0.39 is 6.35 Å². The molecule has 0 spiro atoms. The first-order chi connectivity index (χ1) is 4.70. The van der Waals surface area contributed by atoms with Gasteiger partial charge in [-0.15, -0.1) is 0 Å². The van der Waals surface area contributed by atoms with Crippen LogP contribution in [-0.4, -0.2) is 36.3 Å². The molecule has 1 unspecified atom stereocenters. The molecular weight excluding hydrogens is 130 g/mol. The highest BCUT2D eigenvalue weighted by molar-refractivity contribution is 5.93. The van der Waals surface area contributed by atoms with E-state index in [0.717, 1.165) is 5.84 Å². The maximum absolute atomic E-state index is 8.90. The summed E-state index contributed by atoms with van der Waals surface area (Å²) in [5, 5.41) is 12.5. The van der Waals surface area contributed by atoms with Crippen LogP contribution in [-0.2, 0) is 0 Å². The smallest absolute Gasteiger partial charge is 0.122 e. The van der Waals surface area contributed by atoms with Gasteiger partial charge in [0.25, 0.3) is 0 Å². The van der Waals surface area contributed by atoms with Gasteiger partial charge in [-0.3, -0.25) is 4.99 Å². The fraction of sp³-hybridized carbons (Fsp3) is 0.500. The number of amidine groups is 1. The molecule has 0 radical (unpaired) electrons. The third kappa shape index (κ3) is 1.48. The van der Waals surface area contributed by atoms with E-state index in [-0.39, 0.29) is 0 Å². The molecular formula is C6H10N3O-. The van der Waals surface area contributed by atoms with Crippen LogP contribution in [0.4, 0.5) is 0 Å². The molecule has 1 heterocycles. The molecule has 0 fully saturated rings. The Morgan fingerprint density at radius 2 is 2.40 bits per heavy atom. The lowest BCUT2D eigenvalue weighted by molar-refractivity contribution is 0.223. The number of hydrogen-bond donors (Lipinski definition) is 1. The van der Waals surface area contributed by atoms with Crippen LogP contribution < -0.4 is 0 Å². The van der Waals surface area contributed by atoms with Crippen LogP contribution in [0.5, 0.6) is 0 Å². The summed E-state index contributed by atoms with van der Waals surface area (Å²) in [6, 6.07) is 0. The highest BCUT2D eigenvalue weighted by Gasteiger charge is 1.98. The SMILES string of the molecule is CN(C)C1=NC(O)[N-]C=C1. The van der Waals surface area contributed by atoms with Gasteiger partial charge in [-0.1, -0.05) is 0 Å². The summed E-state index contributed by atoms with van der Waals surface area (Å²) in [5.74, 6) is 0.738. The highest BCUT2D eigenvalue weighted by atomic mass is 16.3. The van der Waals surface area contributed by atoms with Crippen molar-refractivity contribution in [2.24, 2.45) is 4.99 Å². The van der Waals surface area contributed by atoms with E-state index in [1.54, 1.807) is 12.3 Å². The van der Waals surface area contributed by atoms with Gasteiger partial charge in [0.1, 0.15) is 5.84 Å². The molecule has 0 aromatic carbocycles. The topological polar surface area (TPSA) is 49.9 Å².